The second-order valence-corrected chi connectivity index (χ2v) is 4.46. The van der Waals surface area contributed by atoms with Gasteiger partial charge in [0.1, 0.15) is 0 Å². The van der Waals surface area contributed by atoms with Crippen molar-refractivity contribution in [2.75, 3.05) is 6.61 Å². The van der Waals surface area contributed by atoms with Crippen molar-refractivity contribution in [1.29, 1.82) is 0 Å². The first-order chi connectivity index (χ1) is 5.83. The van der Waals surface area contributed by atoms with Crippen LogP contribution in [0.1, 0.15) is 40.0 Å². The van der Waals surface area contributed by atoms with Gasteiger partial charge in [-0.15, -0.1) is 0 Å². The zero-order valence-electron chi connectivity index (χ0n) is 8.82. The number of aliphatic hydroxyl groups is 3. The summed E-state index contributed by atoms with van der Waals surface area (Å²) in [5.41, 5.74) is 0. The molecule has 2 atom stereocenters. The summed E-state index contributed by atoms with van der Waals surface area (Å²) >= 11 is 0. The van der Waals surface area contributed by atoms with E-state index in [1.165, 1.54) is 33.1 Å². The third kappa shape index (κ3) is 9.80. The predicted molar refractivity (Wildman–Crippen MR) is 52.1 cm³/mol. The fourth-order valence-electron chi connectivity index (χ4n) is 1.49. The number of hydrogen-bond donors (Lipinski definition) is 3. The van der Waals surface area contributed by atoms with Gasteiger partial charge in [0.05, 0.1) is 0 Å². The van der Waals surface area contributed by atoms with E-state index in [4.69, 9.17) is 15.3 Å². The zero-order chi connectivity index (χ0) is 10.5. The Kier molecular flexibility index (Phi) is 5.53. The van der Waals surface area contributed by atoms with E-state index in [0.29, 0.717) is 12.5 Å². The Morgan fingerprint density at radius 1 is 1.23 bits per heavy atom. The molecule has 3 N–H and O–H groups in total. The molecule has 13 heavy (non-hydrogen) atoms. The minimum absolute atomic E-state index is 0.407. The standard InChI is InChI=1S/C7H14O.C3H8O2/c1-6-2-3-7(4-6)5-8;1-3(2,4)5/h6-8H,2-5H2,1H3;4-5H,1-2H3. The molecule has 0 heterocycles. The predicted octanol–water partition coefficient (Wildman–Crippen LogP) is 1.12. The molecule has 1 aliphatic carbocycles. The molecule has 80 valence electrons. The molecule has 0 aromatic rings. The summed E-state index contributed by atoms with van der Waals surface area (Å²) in [6, 6.07) is 0. The van der Waals surface area contributed by atoms with Crippen LogP contribution in [0, 0.1) is 11.8 Å². The topological polar surface area (TPSA) is 60.7 Å². The fourth-order valence-corrected chi connectivity index (χ4v) is 1.49. The second-order valence-electron chi connectivity index (χ2n) is 4.46. The first kappa shape index (κ1) is 12.9. The molecular weight excluding hydrogens is 168 g/mol. The third-order valence-electron chi connectivity index (χ3n) is 2.06. The van der Waals surface area contributed by atoms with Crippen molar-refractivity contribution in [2.45, 2.75) is 45.8 Å². The molecule has 0 spiro atoms. The molecule has 0 amide bonds. The van der Waals surface area contributed by atoms with Gasteiger partial charge in [0.25, 0.3) is 0 Å². The Labute approximate surface area is 80.4 Å². The van der Waals surface area contributed by atoms with Gasteiger partial charge in [-0.25, -0.2) is 0 Å². The van der Waals surface area contributed by atoms with E-state index in [2.05, 4.69) is 6.92 Å². The smallest absolute Gasteiger partial charge is 0.156 e. The molecule has 0 bridgehead atoms. The summed E-state index contributed by atoms with van der Waals surface area (Å²) in [5, 5.41) is 24.8. The van der Waals surface area contributed by atoms with Gasteiger partial charge in [-0.2, -0.15) is 0 Å². The Hall–Kier alpha value is -0.120. The molecule has 3 heteroatoms. The average Bonchev–Trinajstić information content (AvgIpc) is 2.31. The van der Waals surface area contributed by atoms with Crippen molar-refractivity contribution < 1.29 is 15.3 Å². The molecule has 1 rings (SSSR count). The molecule has 0 radical (unpaired) electrons. The van der Waals surface area contributed by atoms with Crippen LogP contribution in [-0.2, 0) is 0 Å². The molecule has 0 aromatic heterocycles. The fraction of sp³-hybridized carbons (Fsp3) is 1.00. The van der Waals surface area contributed by atoms with Crippen molar-refractivity contribution >= 4 is 0 Å². The van der Waals surface area contributed by atoms with Gasteiger partial charge in [-0.05, 0) is 38.5 Å². The molecule has 0 aliphatic heterocycles. The molecular formula is C10H22O3. The van der Waals surface area contributed by atoms with E-state index < -0.39 is 5.79 Å². The minimum Gasteiger partial charge on any atom is -0.396 e. The quantitative estimate of drug-likeness (QED) is 0.543. The number of rotatable bonds is 1. The maximum absolute atomic E-state index is 8.68. The highest BCUT2D eigenvalue weighted by atomic mass is 16.5. The van der Waals surface area contributed by atoms with Crippen LogP contribution in [0.3, 0.4) is 0 Å². The van der Waals surface area contributed by atoms with Crippen LogP contribution < -0.4 is 0 Å². The number of aliphatic hydroxyl groups excluding tert-OH is 1. The number of hydrogen-bond acceptors (Lipinski definition) is 3. The van der Waals surface area contributed by atoms with Crippen LogP contribution in [0.15, 0.2) is 0 Å². The van der Waals surface area contributed by atoms with Crippen molar-refractivity contribution in [3.05, 3.63) is 0 Å². The largest absolute Gasteiger partial charge is 0.396 e. The Bertz CT molecular complexity index is 123. The molecule has 1 aliphatic rings. The maximum Gasteiger partial charge on any atom is 0.156 e. The van der Waals surface area contributed by atoms with Crippen molar-refractivity contribution in [1.82, 2.24) is 0 Å². The normalized spacial score (nSPS) is 28.2. The van der Waals surface area contributed by atoms with Gasteiger partial charge in [-0.1, -0.05) is 13.3 Å². The van der Waals surface area contributed by atoms with Gasteiger partial charge in [0, 0.05) is 6.61 Å². The average molecular weight is 190 g/mol. The Morgan fingerprint density at radius 2 is 1.69 bits per heavy atom. The molecule has 1 saturated carbocycles. The van der Waals surface area contributed by atoms with Gasteiger partial charge in [0.2, 0.25) is 0 Å². The molecule has 0 aromatic carbocycles. The molecule has 1 fully saturated rings. The van der Waals surface area contributed by atoms with Crippen molar-refractivity contribution in [3.8, 4) is 0 Å². The minimum atomic E-state index is -1.50. The summed E-state index contributed by atoms with van der Waals surface area (Å²) < 4.78 is 0. The summed E-state index contributed by atoms with van der Waals surface area (Å²) in [4.78, 5) is 0. The lowest BCUT2D eigenvalue weighted by molar-refractivity contribution is -0.127. The van der Waals surface area contributed by atoms with Crippen LogP contribution >= 0.6 is 0 Å². The van der Waals surface area contributed by atoms with Crippen LogP contribution in [0.25, 0.3) is 0 Å². The molecule has 0 saturated heterocycles. The lowest BCUT2D eigenvalue weighted by Gasteiger charge is -2.03. The Morgan fingerprint density at radius 3 is 1.85 bits per heavy atom. The first-order valence-corrected chi connectivity index (χ1v) is 4.88. The summed E-state index contributed by atoms with van der Waals surface area (Å²) in [6.07, 6.45) is 3.82. The lowest BCUT2D eigenvalue weighted by atomic mass is 10.1. The van der Waals surface area contributed by atoms with E-state index in [9.17, 15) is 0 Å². The van der Waals surface area contributed by atoms with E-state index in [0.717, 1.165) is 5.92 Å². The molecule has 2 unspecified atom stereocenters. The highest BCUT2D eigenvalue weighted by Gasteiger charge is 2.19. The second kappa shape index (κ2) is 5.58. The van der Waals surface area contributed by atoms with Gasteiger partial charge < -0.3 is 15.3 Å². The Balaban J connectivity index is 0.000000252. The third-order valence-corrected chi connectivity index (χ3v) is 2.06. The summed E-state index contributed by atoms with van der Waals surface area (Å²) in [5.74, 6) is -0.00264. The monoisotopic (exact) mass is 190 g/mol. The van der Waals surface area contributed by atoms with E-state index in [-0.39, 0.29) is 0 Å². The van der Waals surface area contributed by atoms with Crippen LogP contribution in [0.2, 0.25) is 0 Å². The van der Waals surface area contributed by atoms with Gasteiger partial charge in [-0.3, -0.25) is 0 Å². The zero-order valence-corrected chi connectivity index (χ0v) is 8.82. The van der Waals surface area contributed by atoms with Crippen molar-refractivity contribution in [3.63, 3.8) is 0 Å². The van der Waals surface area contributed by atoms with Crippen LogP contribution in [0.4, 0.5) is 0 Å². The van der Waals surface area contributed by atoms with Crippen LogP contribution in [-0.4, -0.2) is 27.7 Å². The lowest BCUT2D eigenvalue weighted by Crippen LogP contribution is -2.15. The van der Waals surface area contributed by atoms with Gasteiger partial charge >= 0.3 is 0 Å². The van der Waals surface area contributed by atoms with Gasteiger partial charge in [0.15, 0.2) is 5.79 Å². The first-order valence-electron chi connectivity index (χ1n) is 4.88. The van der Waals surface area contributed by atoms with E-state index >= 15 is 0 Å². The highest BCUT2D eigenvalue weighted by Crippen LogP contribution is 2.29. The maximum atomic E-state index is 8.68. The van der Waals surface area contributed by atoms with E-state index in [1.807, 2.05) is 0 Å². The molecule has 3 nitrogen and oxygen atoms in total. The van der Waals surface area contributed by atoms with E-state index in [1.54, 1.807) is 0 Å². The summed E-state index contributed by atoms with van der Waals surface area (Å²) in [6.45, 7) is 5.26. The SMILES string of the molecule is CC(C)(O)O.CC1CCC(CO)C1. The summed E-state index contributed by atoms with van der Waals surface area (Å²) in [7, 11) is 0. The van der Waals surface area contributed by atoms with Crippen molar-refractivity contribution in [2.24, 2.45) is 11.8 Å². The highest BCUT2D eigenvalue weighted by molar-refractivity contribution is 4.71. The van der Waals surface area contributed by atoms with Crippen LogP contribution in [0.5, 0.6) is 0 Å².